The van der Waals surface area contributed by atoms with Crippen molar-refractivity contribution >= 4 is 5.52 Å². The smallest absolute Gasteiger partial charge is 0.114 e. The second-order valence-electron chi connectivity index (χ2n) is 4.71. The molecule has 0 saturated heterocycles. The van der Waals surface area contributed by atoms with Gasteiger partial charge in [-0.25, -0.2) is 4.98 Å². The minimum atomic E-state index is 0.630. The lowest BCUT2D eigenvalue weighted by atomic mass is 10.1. The van der Waals surface area contributed by atoms with Crippen molar-refractivity contribution in [1.82, 2.24) is 9.38 Å². The van der Waals surface area contributed by atoms with Gasteiger partial charge in [-0.05, 0) is 36.2 Å². The molecule has 0 aliphatic heterocycles. The molecular weight excluding hydrogens is 234 g/mol. The summed E-state index contributed by atoms with van der Waals surface area (Å²) in [6, 6.07) is 14.9. The topological polar surface area (TPSA) is 43.3 Å². The highest BCUT2D eigenvalue weighted by molar-refractivity contribution is 5.49. The van der Waals surface area contributed by atoms with Crippen molar-refractivity contribution in [2.45, 2.75) is 12.8 Å². The molecule has 0 aliphatic carbocycles. The minimum absolute atomic E-state index is 0.630. The first-order valence-electron chi connectivity index (χ1n) is 6.55. The molecule has 0 aliphatic rings. The molecule has 2 heterocycles. The van der Waals surface area contributed by atoms with Crippen LogP contribution in [0.1, 0.15) is 17.0 Å². The van der Waals surface area contributed by atoms with E-state index in [-0.39, 0.29) is 0 Å². The highest BCUT2D eigenvalue weighted by Gasteiger charge is 2.03. The van der Waals surface area contributed by atoms with Gasteiger partial charge in [0.1, 0.15) is 5.82 Å². The lowest BCUT2D eigenvalue weighted by Gasteiger charge is -2.04. The lowest BCUT2D eigenvalue weighted by molar-refractivity contribution is 0.862. The third-order valence-electron chi connectivity index (χ3n) is 3.29. The first kappa shape index (κ1) is 11.9. The van der Waals surface area contributed by atoms with E-state index in [1.54, 1.807) is 0 Å². The van der Waals surface area contributed by atoms with Crippen molar-refractivity contribution in [3.63, 3.8) is 0 Å². The van der Waals surface area contributed by atoms with Gasteiger partial charge in [0.05, 0.1) is 11.7 Å². The van der Waals surface area contributed by atoms with Crippen molar-refractivity contribution in [3.05, 3.63) is 71.8 Å². The van der Waals surface area contributed by atoms with Crippen LogP contribution in [0.2, 0.25) is 0 Å². The van der Waals surface area contributed by atoms with Gasteiger partial charge in [-0.2, -0.15) is 0 Å². The molecule has 0 radical (unpaired) electrons. The number of aromatic nitrogens is 2. The molecule has 0 amide bonds. The number of imidazole rings is 1. The van der Waals surface area contributed by atoms with Crippen LogP contribution in [-0.2, 0) is 12.8 Å². The summed E-state index contributed by atoms with van der Waals surface area (Å²) in [6.45, 7) is 0.630. The van der Waals surface area contributed by atoms with Gasteiger partial charge in [-0.15, -0.1) is 0 Å². The average molecular weight is 251 g/mol. The zero-order valence-electron chi connectivity index (χ0n) is 10.8. The van der Waals surface area contributed by atoms with Crippen molar-refractivity contribution in [1.29, 1.82) is 0 Å². The van der Waals surface area contributed by atoms with E-state index in [1.165, 1.54) is 11.1 Å². The van der Waals surface area contributed by atoms with Gasteiger partial charge in [0.15, 0.2) is 0 Å². The number of nitrogens with two attached hydrogens (primary N) is 1. The third kappa shape index (κ3) is 2.51. The van der Waals surface area contributed by atoms with Crippen LogP contribution in [0.5, 0.6) is 0 Å². The van der Waals surface area contributed by atoms with E-state index in [0.29, 0.717) is 6.54 Å². The lowest BCUT2D eigenvalue weighted by Crippen LogP contribution is -2.06. The summed E-state index contributed by atoms with van der Waals surface area (Å²) in [5.41, 5.74) is 9.36. The SMILES string of the molecule is NCCc1ncc2cc(Cc3ccccc3)ccn12. The van der Waals surface area contributed by atoms with Gasteiger partial charge in [0.25, 0.3) is 0 Å². The van der Waals surface area contributed by atoms with E-state index in [4.69, 9.17) is 5.73 Å². The Morgan fingerprint density at radius 3 is 2.68 bits per heavy atom. The number of hydrogen-bond donors (Lipinski definition) is 1. The number of rotatable bonds is 4. The predicted octanol–water partition coefficient (Wildman–Crippen LogP) is 2.43. The number of hydrogen-bond acceptors (Lipinski definition) is 2. The number of pyridine rings is 1. The van der Waals surface area contributed by atoms with Gasteiger partial charge >= 0.3 is 0 Å². The molecule has 96 valence electrons. The molecule has 19 heavy (non-hydrogen) atoms. The van der Waals surface area contributed by atoms with Gasteiger partial charge in [0.2, 0.25) is 0 Å². The van der Waals surface area contributed by atoms with Crippen molar-refractivity contribution in [3.8, 4) is 0 Å². The van der Waals surface area contributed by atoms with Crippen LogP contribution in [0, 0.1) is 0 Å². The van der Waals surface area contributed by atoms with Crippen LogP contribution in [0.4, 0.5) is 0 Å². The monoisotopic (exact) mass is 251 g/mol. The molecule has 1 aromatic carbocycles. The summed E-state index contributed by atoms with van der Waals surface area (Å²) in [4.78, 5) is 4.42. The maximum absolute atomic E-state index is 5.59. The molecule has 0 unspecified atom stereocenters. The zero-order chi connectivity index (χ0) is 13.1. The van der Waals surface area contributed by atoms with Crippen LogP contribution in [0.25, 0.3) is 5.52 Å². The molecule has 3 aromatic rings. The molecule has 0 spiro atoms. The van der Waals surface area contributed by atoms with E-state index < -0.39 is 0 Å². The molecule has 0 atom stereocenters. The predicted molar refractivity (Wildman–Crippen MR) is 77.2 cm³/mol. The Morgan fingerprint density at radius 1 is 1.05 bits per heavy atom. The fourth-order valence-corrected chi connectivity index (χ4v) is 2.36. The maximum Gasteiger partial charge on any atom is 0.114 e. The Kier molecular flexibility index (Phi) is 3.29. The van der Waals surface area contributed by atoms with Crippen LogP contribution in [0.15, 0.2) is 54.9 Å². The highest BCUT2D eigenvalue weighted by Crippen LogP contribution is 2.14. The first-order chi connectivity index (χ1) is 9.36. The minimum Gasteiger partial charge on any atom is -0.330 e. The van der Waals surface area contributed by atoms with Crippen molar-refractivity contribution in [2.75, 3.05) is 6.54 Å². The van der Waals surface area contributed by atoms with Crippen LogP contribution >= 0.6 is 0 Å². The summed E-state index contributed by atoms with van der Waals surface area (Å²) in [5, 5.41) is 0. The summed E-state index contributed by atoms with van der Waals surface area (Å²) >= 11 is 0. The second kappa shape index (κ2) is 5.24. The summed E-state index contributed by atoms with van der Waals surface area (Å²) in [5.74, 6) is 1.03. The molecule has 3 nitrogen and oxygen atoms in total. The van der Waals surface area contributed by atoms with Crippen molar-refractivity contribution in [2.24, 2.45) is 5.73 Å². The zero-order valence-corrected chi connectivity index (χ0v) is 10.8. The van der Waals surface area contributed by atoms with Crippen LogP contribution < -0.4 is 5.73 Å². The third-order valence-corrected chi connectivity index (χ3v) is 3.29. The summed E-state index contributed by atoms with van der Waals surface area (Å²) < 4.78 is 2.11. The molecule has 2 N–H and O–H groups in total. The van der Waals surface area contributed by atoms with E-state index in [2.05, 4.69) is 52.0 Å². The largest absolute Gasteiger partial charge is 0.330 e. The Hall–Kier alpha value is -2.13. The molecule has 0 fully saturated rings. The molecule has 2 aromatic heterocycles. The van der Waals surface area contributed by atoms with Crippen molar-refractivity contribution < 1.29 is 0 Å². The fraction of sp³-hybridized carbons (Fsp3) is 0.188. The quantitative estimate of drug-likeness (QED) is 0.774. The van der Waals surface area contributed by atoms with Gasteiger partial charge < -0.3 is 10.1 Å². The second-order valence-corrected chi connectivity index (χ2v) is 4.71. The molecule has 0 bridgehead atoms. The van der Waals surface area contributed by atoms with Crippen LogP contribution in [0.3, 0.4) is 0 Å². The van der Waals surface area contributed by atoms with E-state index in [0.717, 1.165) is 24.2 Å². The number of benzene rings is 1. The van der Waals surface area contributed by atoms with Gasteiger partial charge in [-0.3, -0.25) is 0 Å². The van der Waals surface area contributed by atoms with Gasteiger partial charge in [0, 0.05) is 12.6 Å². The van der Waals surface area contributed by atoms with E-state index in [9.17, 15) is 0 Å². The summed E-state index contributed by atoms with van der Waals surface area (Å²) in [7, 11) is 0. The fourth-order valence-electron chi connectivity index (χ4n) is 2.36. The van der Waals surface area contributed by atoms with E-state index >= 15 is 0 Å². The molecular formula is C16H17N3. The molecule has 3 heteroatoms. The standard InChI is InChI=1S/C16H17N3/c17-8-6-16-18-12-15-11-14(7-9-19(15)16)10-13-4-2-1-3-5-13/h1-5,7,9,11-12H,6,8,10,17H2. The normalized spacial score (nSPS) is 11.0. The van der Waals surface area contributed by atoms with Gasteiger partial charge in [-0.1, -0.05) is 30.3 Å². The Labute approximate surface area is 112 Å². The van der Waals surface area contributed by atoms with E-state index in [1.807, 2.05) is 12.3 Å². The average Bonchev–Trinajstić information content (AvgIpc) is 2.83. The Balaban J connectivity index is 1.90. The van der Waals surface area contributed by atoms with Crippen LogP contribution in [-0.4, -0.2) is 15.9 Å². The maximum atomic E-state index is 5.59. The molecule has 3 rings (SSSR count). The molecule has 0 saturated carbocycles. The summed E-state index contributed by atoms with van der Waals surface area (Å²) in [6.07, 6.45) is 5.77. The Morgan fingerprint density at radius 2 is 1.89 bits per heavy atom. The number of fused-ring (bicyclic) bond motifs is 1. The first-order valence-corrected chi connectivity index (χ1v) is 6.55. The highest BCUT2D eigenvalue weighted by atomic mass is 15.0. The number of nitrogens with zero attached hydrogens (tertiary/aromatic N) is 2. The Bertz CT molecular complexity index is 671.